The smallest absolute Gasteiger partial charge is 0.333 e. The Hall–Kier alpha value is -1.41. The highest BCUT2D eigenvalue weighted by Crippen LogP contribution is 1.91. The van der Waals surface area contributed by atoms with Crippen LogP contribution in [0.1, 0.15) is 26.7 Å². The van der Waals surface area contributed by atoms with Crippen LogP contribution in [0.3, 0.4) is 0 Å². The van der Waals surface area contributed by atoms with Crippen molar-refractivity contribution < 1.29 is 9.53 Å². The number of unbranched alkanes of at least 4 members (excludes halogenated alkanes) is 1. The van der Waals surface area contributed by atoms with Gasteiger partial charge in [-0.2, -0.15) is 0 Å². The fourth-order valence-electron chi connectivity index (χ4n) is 0.694. The molecule has 0 heterocycles. The highest BCUT2D eigenvalue weighted by molar-refractivity contribution is 5.86. The van der Waals surface area contributed by atoms with E-state index in [1.807, 2.05) is 0 Å². The van der Waals surface area contributed by atoms with Gasteiger partial charge in [0.05, 0.1) is 12.6 Å². The second-order valence-corrected chi connectivity index (χ2v) is 3.13. The van der Waals surface area contributed by atoms with Gasteiger partial charge in [-0.05, 0) is 13.3 Å². The van der Waals surface area contributed by atoms with Gasteiger partial charge in [-0.1, -0.05) is 19.9 Å². The van der Waals surface area contributed by atoms with Gasteiger partial charge in [-0.25, -0.2) is 14.8 Å². The molecule has 0 bridgehead atoms. The number of nitrogens with zero attached hydrogens (tertiary/aromatic N) is 2. The van der Waals surface area contributed by atoms with Crippen LogP contribution in [0.25, 0.3) is 0 Å². The highest BCUT2D eigenvalue weighted by Gasteiger charge is 2.00. The molecule has 15 heavy (non-hydrogen) atoms. The molecular weight excluding hydrogens is 192 g/mol. The number of carbonyl (C=O) groups is 1. The topological polar surface area (TPSA) is 51.0 Å². The van der Waals surface area contributed by atoms with Crippen molar-refractivity contribution in [3.05, 3.63) is 12.2 Å². The molecule has 0 aromatic carbocycles. The largest absolute Gasteiger partial charge is 0.460 e. The molecule has 84 valence electrons. The van der Waals surface area contributed by atoms with E-state index in [-0.39, 0.29) is 12.6 Å². The van der Waals surface area contributed by atoms with E-state index in [9.17, 15) is 4.79 Å². The molecule has 0 saturated heterocycles. The summed E-state index contributed by atoms with van der Waals surface area (Å²) in [4.78, 5) is 18.7. The molecule has 0 aliphatic carbocycles. The van der Waals surface area contributed by atoms with E-state index in [0.717, 1.165) is 19.4 Å². The number of rotatable bonds is 7. The lowest BCUT2D eigenvalue weighted by molar-refractivity contribution is -0.138. The van der Waals surface area contributed by atoms with E-state index >= 15 is 0 Å². The molecule has 0 atom stereocenters. The number of hydrogen-bond donors (Lipinski definition) is 0. The summed E-state index contributed by atoms with van der Waals surface area (Å²) in [5.41, 5.74) is 0.399. The van der Waals surface area contributed by atoms with Crippen LogP contribution in [0, 0.1) is 0 Å². The maximum Gasteiger partial charge on any atom is 0.333 e. The Morgan fingerprint density at radius 2 is 2.07 bits per heavy atom. The summed E-state index contributed by atoms with van der Waals surface area (Å²) in [6, 6.07) is 2.56. The van der Waals surface area contributed by atoms with Crippen LogP contribution >= 0.6 is 0 Å². The van der Waals surface area contributed by atoms with Crippen molar-refractivity contribution >= 4 is 12.0 Å². The summed E-state index contributed by atoms with van der Waals surface area (Å²) >= 11 is 0. The van der Waals surface area contributed by atoms with Crippen LogP contribution in [0.15, 0.2) is 22.1 Å². The van der Waals surface area contributed by atoms with Crippen LogP contribution in [0.2, 0.25) is 0 Å². The van der Waals surface area contributed by atoms with E-state index in [2.05, 4.69) is 29.5 Å². The quantitative estimate of drug-likeness (QED) is 0.279. The van der Waals surface area contributed by atoms with Gasteiger partial charge >= 0.3 is 5.97 Å². The molecule has 4 nitrogen and oxygen atoms in total. The second-order valence-electron chi connectivity index (χ2n) is 3.13. The van der Waals surface area contributed by atoms with Crippen LogP contribution < -0.4 is 0 Å². The molecule has 0 unspecified atom stereocenters. The maximum atomic E-state index is 10.9. The summed E-state index contributed by atoms with van der Waals surface area (Å²) in [6.07, 6.45) is 2.16. The molecular formula is C11H18N2O2. The third kappa shape index (κ3) is 8.91. The lowest BCUT2D eigenvalue weighted by Gasteiger charge is -1.99. The van der Waals surface area contributed by atoms with Crippen molar-refractivity contribution in [2.75, 3.05) is 19.7 Å². The lowest BCUT2D eigenvalue weighted by atomic mass is 10.3. The van der Waals surface area contributed by atoms with Crippen LogP contribution in [-0.2, 0) is 9.53 Å². The zero-order valence-corrected chi connectivity index (χ0v) is 9.45. The van der Waals surface area contributed by atoms with Gasteiger partial charge in [0.1, 0.15) is 6.61 Å². The van der Waals surface area contributed by atoms with Gasteiger partial charge in [0, 0.05) is 12.1 Å². The van der Waals surface area contributed by atoms with Gasteiger partial charge in [0.25, 0.3) is 0 Å². The molecule has 0 radical (unpaired) electrons. The van der Waals surface area contributed by atoms with E-state index < -0.39 is 0 Å². The third-order valence-corrected chi connectivity index (χ3v) is 1.55. The van der Waals surface area contributed by atoms with Crippen LogP contribution in [0.4, 0.5) is 0 Å². The Kier molecular flexibility index (Phi) is 8.30. The molecule has 0 aromatic rings. The minimum atomic E-state index is -0.381. The number of aliphatic imine (C=N–C) groups is 2. The van der Waals surface area contributed by atoms with Crippen molar-refractivity contribution in [2.24, 2.45) is 9.98 Å². The molecule has 0 amide bonds. The normalized spacial score (nSPS) is 8.93. The molecule has 0 aromatic heterocycles. The van der Waals surface area contributed by atoms with Crippen molar-refractivity contribution in [2.45, 2.75) is 26.7 Å². The van der Waals surface area contributed by atoms with Crippen molar-refractivity contribution in [3.63, 3.8) is 0 Å². The Bertz CT molecular complexity index is 266. The first-order valence-electron chi connectivity index (χ1n) is 5.09. The SMILES string of the molecule is C=C(C)C(=O)OCCN=C=NCCCC. The first-order chi connectivity index (χ1) is 7.18. The summed E-state index contributed by atoms with van der Waals surface area (Å²) in [5, 5.41) is 0. The van der Waals surface area contributed by atoms with E-state index in [1.54, 1.807) is 6.92 Å². The maximum absolute atomic E-state index is 10.9. The average Bonchev–Trinajstić information content (AvgIpc) is 2.21. The first-order valence-corrected chi connectivity index (χ1v) is 5.09. The Morgan fingerprint density at radius 3 is 2.67 bits per heavy atom. The zero-order chi connectivity index (χ0) is 11.5. The Labute approximate surface area is 90.8 Å². The van der Waals surface area contributed by atoms with Crippen molar-refractivity contribution in [1.29, 1.82) is 0 Å². The standard InChI is InChI=1S/C11H18N2O2/c1-4-5-6-12-9-13-7-8-15-11(14)10(2)3/h2,4-8H2,1,3H3. The monoisotopic (exact) mass is 210 g/mol. The molecule has 0 aliphatic heterocycles. The first kappa shape index (κ1) is 13.6. The average molecular weight is 210 g/mol. The van der Waals surface area contributed by atoms with Crippen LogP contribution in [-0.4, -0.2) is 31.7 Å². The van der Waals surface area contributed by atoms with Crippen molar-refractivity contribution in [1.82, 2.24) is 0 Å². The number of hydrogen-bond acceptors (Lipinski definition) is 4. The number of esters is 1. The second kappa shape index (κ2) is 9.16. The fraction of sp³-hybridized carbons (Fsp3) is 0.636. The van der Waals surface area contributed by atoms with Gasteiger partial charge in [-0.15, -0.1) is 0 Å². The predicted octanol–water partition coefficient (Wildman–Crippen LogP) is 2.08. The summed E-state index contributed by atoms with van der Waals surface area (Å²) in [6.45, 7) is 8.58. The minimum Gasteiger partial charge on any atom is -0.460 e. The molecule has 0 fully saturated rings. The summed E-state index contributed by atoms with van der Waals surface area (Å²) in [5.74, 6) is -0.381. The molecule has 0 saturated carbocycles. The van der Waals surface area contributed by atoms with E-state index in [1.165, 1.54) is 0 Å². The molecule has 0 spiro atoms. The molecule has 4 heteroatoms. The number of carbonyl (C=O) groups excluding carboxylic acids is 1. The van der Waals surface area contributed by atoms with Crippen LogP contribution in [0.5, 0.6) is 0 Å². The summed E-state index contributed by atoms with van der Waals surface area (Å²) in [7, 11) is 0. The fourth-order valence-corrected chi connectivity index (χ4v) is 0.694. The Morgan fingerprint density at radius 1 is 1.40 bits per heavy atom. The lowest BCUT2D eigenvalue weighted by Crippen LogP contribution is -2.07. The third-order valence-electron chi connectivity index (χ3n) is 1.55. The summed E-state index contributed by atoms with van der Waals surface area (Å²) < 4.78 is 4.82. The van der Waals surface area contributed by atoms with Gasteiger partial charge in [0.2, 0.25) is 0 Å². The van der Waals surface area contributed by atoms with Gasteiger partial charge in [0.15, 0.2) is 0 Å². The Balaban J connectivity index is 3.49. The molecule has 0 rings (SSSR count). The van der Waals surface area contributed by atoms with Gasteiger partial charge in [-0.3, -0.25) is 0 Å². The minimum absolute atomic E-state index is 0.252. The highest BCUT2D eigenvalue weighted by atomic mass is 16.5. The van der Waals surface area contributed by atoms with E-state index in [4.69, 9.17) is 4.74 Å². The van der Waals surface area contributed by atoms with Crippen molar-refractivity contribution in [3.8, 4) is 0 Å². The van der Waals surface area contributed by atoms with E-state index in [0.29, 0.717) is 12.1 Å². The molecule has 0 aliphatic rings. The zero-order valence-electron chi connectivity index (χ0n) is 9.45. The predicted molar refractivity (Wildman–Crippen MR) is 60.3 cm³/mol. The number of ether oxygens (including phenoxy) is 1. The van der Waals surface area contributed by atoms with Gasteiger partial charge < -0.3 is 4.74 Å². The molecule has 0 N–H and O–H groups in total.